The van der Waals surface area contributed by atoms with Crippen LogP contribution >= 0.6 is 34.8 Å². The first-order chi connectivity index (χ1) is 10.9. The summed E-state index contributed by atoms with van der Waals surface area (Å²) in [5.41, 5.74) is 0.627. The molecule has 0 aliphatic heterocycles. The number of hydrogen-bond acceptors (Lipinski definition) is 4. The van der Waals surface area contributed by atoms with Crippen molar-refractivity contribution in [2.24, 2.45) is 0 Å². The maximum atomic E-state index is 11.5. The van der Waals surface area contributed by atoms with Crippen LogP contribution in [0.2, 0.25) is 0 Å². The zero-order chi connectivity index (χ0) is 17.1. The van der Waals surface area contributed by atoms with Crippen molar-refractivity contribution >= 4 is 52.2 Å². The maximum Gasteiger partial charge on any atom is 0.214 e. The van der Waals surface area contributed by atoms with Gasteiger partial charge in [-0.1, -0.05) is 47.6 Å². The molecule has 0 bridgehead atoms. The molecule has 0 N–H and O–H groups in total. The monoisotopic (exact) mass is 400 g/mol. The van der Waals surface area contributed by atoms with Gasteiger partial charge in [0.05, 0.1) is 6.61 Å². The van der Waals surface area contributed by atoms with Crippen LogP contribution in [0.25, 0.3) is 0 Å². The number of aldehydes is 1. The molecular weight excluding hydrogens is 383 g/mol. The number of benzene rings is 1. The summed E-state index contributed by atoms with van der Waals surface area (Å²) in [4.78, 5) is 10.5. The van der Waals surface area contributed by atoms with E-state index < -0.39 is 14.9 Å². The zero-order valence-corrected chi connectivity index (χ0v) is 15.6. The quantitative estimate of drug-likeness (QED) is 0.311. The minimum absolute atomic E-state index is 0.180. The molecule has 23 heavy (non-hydrogen) atoms. The minimum atomic E-state index is -1.53. The molecule has 0 amide bonds. The highest BCUT2D eigenvalue weighted by Crippen LogP contribution is 2.26. The van der Waals surface area contributed by atoms with Crippen molar-refractivity contribution in [2.75, 3.05) is 19.0 Å². The van der Waals surface area contributed by atoms with Gasteiger partial charge in [0.1, 0.15) is 18.6 Å². The number of carbonyl (C=O) groups excluding carboxylic acids is 1. The third-order valence-electron chi connectivity index (χ3n) is 2.84. The Balaban J connectivity index is 2.00. The molecule has 0 aliphatic carbocycles. The average molecular weight is 402 g/mol. The maximum absolute atomic E-state index is 11.5. The highest BCUT2D eigenvalue weighted by Gasteiger charge is 2.21. The highest BCUT2D eigenvalue weighted by molar-refractivity contribution is 7.80. The van der Waals surface area contributed by atoms with Crippen LogP contribution in [0.3, 0.4) is 0 Å². The van der Waals surface area contributed by atoms with Crippen molar-refractivity contribution in [2.45, 2.75) is 29.5 Å². The Hall–Kier alpha value is -0.330. The molecule has 0 fully saturated rings. The van der Waals surface area contributed by atoms with Gasteiger partial charge in [-0.25, -0.2) is 4.21 Å². The smallest absolute Gasteiger partial charge is 0.214 e. The first kappa shape index (κ1) is 20.7. The van der Waals surface area contributed by atoms with Gasteiger partial charge in [0.15, 0.2) is 11.1 Å². The number of alkyl halides is 3. The Morgan fingerprint density at radius 3 is 2.30 bits per heavy atom. The van der Waals surface area contributed by atoms with Gasteiger partial charge in [0.25, 0.3) is 0 Å². The third kappa shape index (κ3) is 11.0. The molecule has 8 heteroatoms. The lowest BCUT2D eigenvalue weighted by Gasteiger charge is -2.10. The summed E-state index contributed by atoms with van der Waals surface area (Å²) in [5, 5.41) is 0. The van der Waals surface area contributed by atoms with Crippen LogP contribution in [0.5, 0.6) is 5.75 Å². The molecule has 130 valence electrons. The molecule has 0 aromatic heterocycles. The van der Waals surface area contributed by atoms with Crippen LogP contribution in [0, 0.1) is 0 Å². The molecule has 1 aromatic carbocycles. The van der Waals surface area contributed by atoms with Crippen molar-refractivity contribution in [3.05, 3.63) is 29.8 Å². The van der Waals surface area contributed by atoms with Crippen molar-refractivity contribution < 1.29 is 17.9 Å². The summed E-state index contributed by atoms with van der Waals surface area (Å²) in [6.07, 6.45) is 4.37. The molecular formula is C15H19Cl3O4S. The van der Waals surface area contributed by atoms with E-state index in [4.69, 9.17) is 43.7 Å². The highest BCUT2D eigenvalue weighted by atomic mass is 35.6. The molecule has 0 aliphatic rings. The molecule has 0 radical (unpaired) electrons. The van der Waals surface area contributed by atoms with E-state index in [1.54, 1.807) is 24.3 Å². The second-order valence-corrected chi connectivity index (χ2v) is 8.60. The Labute approximate surface area is 154 Å². The topological polar surface area (TPSA) is 52.6 Å². The van der Waals surface area contributed by atoms with Gasteiger partial charge in [0, 0.05) is 11.3 Å². The summed E-state index contributed by atoms with van der Waals surface area (Å²) < 4.78 is 20.5. The lowest BCUT2D eigenvalue weighted by molar-refractivity contribution is 0.112. The molecule has 0 saturated heterocycles. The fraction of sp³-hybridized carbons (Fsp3) is 0.533. The number of rotatable bonds is 11. The number of unbranched alkanes of at least 4 members (excludes halogenated alkanes) is 3. The normalized spacial score (nSPS) is 12.8. The van der Waals surface area contributed by atoms with Crippen LogP contribution in [0.15, 0.2) is 24.3 Å². The molecule has 1 unspecified atom stereocenters. The zero-order valence-electron chi connectivity index (χ0n) is 12.5. The lowest BCUT2D eigenvalue weighted by Crippen LogP contribution is -2.15. The average Bonchev–Trinajstić information content (AvgIpc) is 2.52. The van der Waals surface area contributed by atoms with Crippen LogP contribution in [0.4, 0.5) is 0 Å². The van der Waals surface area contributed by atoms with Crippen LogP contribution < -0.4 is 4.74 Å². The molecule has 1 rings (SSSR count). The molecule has 0 saturated carbocycles. The predicted octanol–water partition coefficient (Wildman–Crippen LogP) is 4.49. The number of hydrogen-bond donors (Lipinski definition) is 0. The van der Waals surface area contributed by atoms with Crippen LogP contribution in [-0.4, -0.2) is 33.3 Å². The van der Waals surface area contributed by atoms with Crippen molar-refractivity contribution in [3.63, 3.8) is 0 Å². The van der Waals surface area contributed by atoms with Gasteiger partial charge in [-0.2, -0.15) is 0 Å². The number of ether oxygens (including phenoxy) is 1. The molecule has 1 aromatic rings. The van der Waals surface area contributed by atoms with E-state index in [2.05, 4.69) is 0 Å². The van der Waals surface area contributed by atoms with Gasteiger partial charge < -0.3 is 4.74 Å². The fourth-order valence-electron chi connectivity index (χ4n) is 1.70. The number of halogens is 3. The molecule has 1 atom stereocenters. The standard InChI is InChI=1S/C15H19Cl3O4S/c16-15(17,18)12-22-23(20)10-4-2-1-3-9-21-14-7-5-13(11-19)6-8-14/h5-8,11H,1-4,9-10,12H2. The molecule has 0 heterocycles. The van der Waals surface area contributed by atoms with E-state index in [0.717, 1.165) is 37.7 Å². The van der Waals surface area contributed by atoms with Gasteiger partial charge >= 0.3 is 0 Å². The number of carbonyl (C=O) groups is 1. The predicted molar refractivity (Wildman–Crippen MR) is 95.0 cm³/mol. The SMILES string of the molecule is O=Cc1ccc(OCCCCCCS(=O)OCC(Cl)(Cl)Cl)cc1. The van der Waals surface area contributed by atoms with Crippen LogP contribution in [0.1, 0.15) is 36.0 Å². The van der Waals surface area contributed by atoms with E-state index in [1.165, 1.54) is 0 Å². The van der Waals surface area contributed by atoms with Crippen molar-refractivity contribution in [1.29, 1.82) is 0 Å². The summed E-state index contributed by atoms with van der Waals surface area (Å²) in [5.74, 6) is 1.17. The second kappa shape index (κ2) is 11.3. The Bertz CT molecular complexity index is 488. The van der Waals surface area contributed by atoms with Crippen molar-refractivity contribution in [3.8, 4) is 5.75 Å². The van der Waals surface area contributed by atoms with E-state index in [-0.39, 0.29) is 6.61 Å². The largest absolute Gasteiger partial charge is 0.494 e. The van der Waals surface area contributed by atoms with E-state index in [1.807, 2.05) is 0 Å². The van der Waals surface area contributed by atoms with Gasteiger partial charge in [-0.05, 0) is 37.1 Å². The fourth-order valence-corrected chi connectivity index (χ4v) is 2.92. The van der Waals surface area contributed by atoms with E-state index >= 15 is 0 Å². The van der Waals surface area contributed by atoms with Gasteiger partial charge in [-0.15, -0.1) is 0 Å². The van der Waals surface area contributed by atoms with Crippen molar-refractivity contribution in [1.82, 2.24) is 0 Å². The summed E-state index contributed by atoms with van der Waals surface area (Å²) in [6, 6.07) is 6.98. The van der Waals surface area contributed by atoms with E-state index in [9.17, 15) is 9.00 Å². The minimum Gasteiger partial charge on any atom is -0.494 e. The summed E-state index contributed by atoms with van der Waals surface area (Å²) >= 11 is 15.1. The van der Waals surface area contributed by atoms with Gasteiger partial charge in [0.2, 0.25) is 3.79 Å². The molecule has 0 spiro atoms. The summed E-state index contributed by atoms with van der Waals surface area (Å²) in [7, 11) is 0. The van der Waals surface area contributed by atoms with Crippen LogP contribution in [-0.2, 0) is 15.3 Å². The Morgan fingerprint density at radius 2 is 1.70 bits per heavy atom. The Morgan fingerprint density at radius 1 is 1.04 bits per heavy atom. The second-order valence-electron chi connectivity index (χ2n) is 4.83. The Kier molecular flexibility index (Phi) is 10.1. The van der Waals surface area contributed by atoms with E-state index in [0.29, 0.717) is 17.9 Å². The summed E-state index contributed by atoms with van der Waals surface area (Å²) in [6.45, 7) is 0.425. The first-order valence-corrected chi connectivity index (χ1v) is 9.55. The third-order valence-corrected chi connectivity index (χ3v) is 4.17. The lowest BCUT2D eigenvalue weighted by atomic mass is 10.2. The first-order valence-electron chi connectivity index (χ1n) is 7.17. The van der Waals surface area contributed by atoms with Gasteiger partial charge in [-0.3, -0.25) is 8.98 Å². The molecule has 4 nitrogen and oxygen atoms in total.